The summed E-state index contributed by atoms with van der Waals surface area (Å²) in [6, 6.07) is 5.39. The highest BCUT2D eigenvalue weighted by Gasteiger charge is 2.25. The summed E-state index contributed by atoms with van der Waals surface area (Å²) in [5, 5.41) is 0. The van der Waals surface area contributed by atoms with Gasteiger partial charge in [-0.15, -0.1) is 12.4 Å². The van der Waals surface area contributed by atoms with E-state index in [1.807, 2.05) is 17.9 Å². The van der Waals surface area contributed by atoms with Gasteiger partial charge in [-0.1, -0.05) is 6.07 Å². The number of likely N-dealkylation sites (tertiary alicyclic amines) is 1. The second-order valence-electron chi connectivity index (χ2n) is 5.48. The Morgan fingerprint density at radius 3 is 2.48 bits per heavy atom. The van der Waals surface area contributed by atoms with Crippen LogP contribution in [0, 0.1) is 12.8 Å². The van der Waals surface area contributed by atoms with Crippen LogP contribution in [0.1, 0.15) is 35.2 Å². The molecule has 0 spiro atoms. The van der Waals surface area contributed by atoms with Crippen LogP contribution >= 0.6 is 12.4 Å². The summed E-state index contributed by atoms with van der Waals surface area (Å²) >= 11 is 0. The summed E-state index contributed by atoms with van der Waals surface area (Å²) < 4.78 is 0. The molecule has 0 aliphatic carbocycles. The molecule has 116 valence electrons. The van der Waals surface area contributed by atoms with Crippen LogP contribution in [0.15, 0.2) is 18.2 Å². The van der Waals surface area contributed by atoms with Gasteiger partial charge in [0.1, 0.15) is 0 Å². The molecule has 0 saturated carbocycles. The Hall–Kier alpha value is -1.75. The zero-order valence-electron chi connectivity index (χ0n) is 12.2. The zero-order chi connectivity index (χ0) is 14.7. The second kappa shape index (κ2) is 7.31. The number of rotatable bonds is 3. The number of nitrogens with two attached hydrogens (primary N) is 2. The lowest BCUT2D eigenvalue weighted by Gasteiger charge is -2.32. The smallest absolute Gasteiger partial charge is 0.254 e. The summed E-state index contributed by atoms with van der Waals surface area (Å²) in [6.07, 6.45) is 2.07. The fourth-order valence-corrected chi connectivity index (χ4v) is 2.67. The van der Waals surface area contributed by atoms with Gasteiger partial charge in [0, 0.05) is 30.8 Å². The van der Waals surface area contributed by atoms with Crippen molar-refractivity contribution in [3.63, 3.8) is 0 Å². The molecule has 0 bridgehead atoms. The normalized spacial score (nSPS) is 15.4. The molecule has 2 rings (SSSR count). The molecule has 21 heavy (non-hydrogen) atoms. The number of primary amides is 1. The molecule has 1 saturated heterocycles. The molecule has 1 aromatic rings. The lowest BCUT2D eigenvalue weighted by atomic mass is 9.92. The van der Waals surface area contributed by atoms with Crippen molar-refractivity contribution in [1.29, 1.82) is 0 Å². The van der Waals surface area contributed by atoms with E-state index in [2.05, 4.69) is 0 Å². The Morgan fingerprint density at radius 1 is 1.29 bits per heavy atom. The minimum absolute atomic E-state index is 0. The van der Waals surface area contributed by atoms with Crippen LogP contribution in [-0.4, -0.2) is 29.8 Å². The van der Waals surface area contributed by atoms with E-state index >= 15 is 0 Å². The molecule has 5 nitrogen and oxygen atoms in total. The molecule has 1 fully saturated rings. The Morgan fingerprint density at radius 2 is 1.90 bits per heavy atom. The van der Waals surface area contributed by atoms with Crippen LogP contribution in [0.4, 0.5) is 5.69 Å². The van der Waals surface area contributed by atoms with E-state index in [4.69, 9.17) is 11.5 Å². The summed E-state index contributed by atoms with van der Waals surface area (Å²) in [7, 11) is 0. The highest BCUT2D eigenvalue weighted by Crippen LogP contribution is 2.23. The third-order valence-corrected chi connectivity index (χ3v) is 3.88. The topological polar surface area (TPSA) is 89.4 Å². The predicted octanol–water partition coefficient (Wildman–Crippen LogP) is 1.73. The van der Waals surface area contributed by atoms with E-state index in [0.29, 0.717) is 36.7 Å². The number of hydrogen-bond donors (Lipinski definition) is 2. The number of benzene rings is 1. The molecule has 1 aliphatic rings. The molecule has 6 heteroatoms. The molecule has 1 heterocycles. The Balaban J connectivity index is 0.00000220. The molecule has 0 unspecified atom stereocenters. The molecule has 0 aromatic heterocycles. The van der Waals surface area contributed by atoms with Gasteiger partial charge in [-0.2, -0.15) is 0 Å². The first-order valence-corrected chi connectivity index (χ1v) is 6.91. The van der Waals surface area contributed by atoms with E-state index in [-0.39, 0.29) is 24.2 Å². The van der Waals surface area contributed by atoms with Gasteiger partial charge < -0.3 is 16.4 Å². The second-order valence-corrected chi connectivity index (χ2v) is 5.48. The van der Waals surface area contributed by atoms with E-state index in [0.717, 1.165) is 18.4 Å². The van der Waals surface area contributed by atoms with Gasteiger partial charge in [0.25, 0.3) is 5.91 Å². The first kappa shape index (κ1) is 17.3. The number of piperidine rings is 1. The van der Waals surface area contributed by atoms with E-state index in [1.54, 1.807) is 12.1 Å². The molecular formula is C15H22ClN3O2. The minimum Gasteiger partial charge on any atom is -0.399 e. The maximum Gasteiger partial charge on any atom is 0.254 e. The summed E-state index contributed by atoms with van der Waals surface area (Å²) in [5.74, 6) is 0.0623. The molecule has 4 N–H and O–H groups in total. The molecule has 0 radical (unpaired) electrons. The van der Waals surface area contributed by atoms with E-state index in [1.165, 1.54) is 0 Å². The van der Waals surface area contributed by atoms with Crippen LogP contribution in [0.25, 0.3) is 0 Å². The van der Waals surface area contributed by atoms with Gasteiger partial charge in [0.15, 0.2) is 0 Å². The van der Waals surface area contributed by atoms with Crippen molar-refractivity contribution < 1.29 is 9.59 Å². The van der Waals surface area contributed by atoms with Crippen molar-refractivity contribution in [3.05, 3.63) is 29.3 Å². The quantitative estimate of drug-likeness (QED) is 0.833. The van der Waals surface area contributed by atoms with Gasteiger partial charge in [-0.05, 0) is 43.4 Å². The van der Waals surface area contributed by atoms with E-state index in [9.17, 15) is 9.59 Å². The number of aryl methyl sites for hydroxylation is 1. The molecular weight excluding hydrogens is 290 g/mol. The number of amides is 2. The molecule has 1 aliphatic heterocycles. The number of anilines is 1. The van der Waals surface area contributed by atoms with E-state index < -0.39 is 0 Å². The minimum atomic E-state index is -0.263. The Bertz CT molecular complexity index is 526. The number of carbonyl (C=O) groups is 2. The average molecular weight is 312 g/mol. The predicted molar refractivity (Wildman–Crippen MR) is 85.3 cm³/mol. The molecule has 2 amide bonds. The number of nitrogens with zero attached hydrogens (tertiary/aromatic N) is 1. The maximum atomic E-state index is 12.5. The first-order chi connectivity index (χ1) is 9.47. The number of carbonyl (C=O) groups excluding carboxylic acids is 2. The van der Waals surface area contributed by atoms with Gasteiger partial charge in [-0.25, -0.2) is 0 Å². The number of hydrogen-bond acceptors (Lipinski definition) is 3. The SMILES string of the molecule is Cc1ccc(N)cc1C(=O)N1CCC(CC(N)=O)CC1.Cl. The van der Waals surface area contributed by atoms with Crippen molar-refractivity contribution in [2.75, 3.05) is 18.8 Å². The van der Waals surface area contributed by atoms with Crippen molar-refractivity contribution in [2.24, 2.45) is 11.7 Å². The zero-order valence-corrected chi connectivity index (χ0v) is 13.0. The molecule has 1 aromatic carbocycles. The summed E-state index contributed by atoms with van der Waals surface area (Å²) in [4.78, 5) is 25.2. The molecule has 0 atom stereocenters. The first-order valence-electron chi connectivity index (χ1n) is 6.91. The van der Waals surface area contributed by atoms with Gasteiger partial charge >= 0.3 is 0 Å². The highest BCUT2D eigenvalue weighted by molar-refractivity contribution is 5.96. The maximum absolute atomic E-state index is 12.5. The third kappa shape index (κ3) is 4.36. The average Bonchev–Trinajstić information content (AvgIpc) is 2.41. The van der Waals surface area contributed by atoms with Crippen molar-refractivity contribution >= 4 is 29.9 Å². The van der Waals surface area contributed by atoms with Crippen LogP contribution in [0.5, 0.6) is 0 Å². The van der Waals surface area contributed by atoms with Gasteiger partial charge in [0.2, 0.25) is 5.91 Å². The standard InChI is InChI=1S/C15H21N3O2.ClH/c1-10-2-3-12(16)9-13(10)15(20)18-6-4-11(5-7-18)8-14(17)19;/h2-3,9,11H,4-8,16H2,1H3,(H2,17,19);1H. The van der Waals surface area contributed by atoms with Crippen LogP contribution < -0.4 is 11.5 Å². The summed E-state index contributed by atoms with van der Waals surface area (Å²) in [5.41, 5.74) is 13.2. The Kier molecular flexibility index (Phi) is 6.03. The van der Waals surface area contributed by atoms with Crippen molar-refractivity contribution in [1.82, 2.24) is 4.90 Å². The van der Waals surface area contributed by atoms with Crippen LogP contribution in [-0.2, 0) is 4.79 Å². The lowest BCUT2D eigenvalue weighted by molar-refractivity contribution is -0.119. The fraction of sp³-hybridized carbons (Fsp3) is 0.467. The largest absolute Gasteiger partial charge is 0.399 e. The van der Waals surface area contributed by atoms with Crippen molar-refractivity contribution in [2.45, 2.75) is 26.2 Å². The number of halogens is 1. The Labute approximate surface area is 131 Å². The van der Waals surface area contributed by atoms with Crippen LogP contribution in [0.3, 0.4) is 0 Å². The van der Waals surface area contributed by atoms with Crippen LogP contribution in [0.2, 0.25) is 0 Å². The fourth-order valence-electron chi connectivity index (χ4n) is 2.67. The monoisotopic (exact) mass is 311 g/mol. The number of nitrogen functional groups attached to an aromatic ring is 1. The van der Waals surface area contributed by atoms with Gasteiger partial charge in [0.05, 0.1) is 0 Å². The highest BCUT2D eigenvalue weighted by atomic mass is 35.5. The third-order valence-electron chi connectivity index (χ3n) is 3.88. The van der Waals surface area contributed by atoms with Gasteiger partial charge in [-0.3, -0.25) is 9.59 Å². The lowest BCUT2D eigenvalue weighted by Crippen LogP contribution is -2.39. The van der Waals surface area contributed by atoms with Crippen molar-refractivity contribution in [3.8, 4) is 0 Å². The summed E-state index contributed by atoms with van der Waals surface area (Å²) in [6.45, 7) is 3.25.